The molecule has 3 heterocycles. The maximum Gasteiger partial charge on any atom is 0.228 e. The van der Waals surface area contributed by atoms with Crippen molar-refractivity contribution in [2.24, 2.45) is 0 Å². The number of hydrogen-bond acceptors (Lipinski definition) is 6. The highest BCUT2D eigenvalue weighted by atomic mass is 16.5. The fourth-order valence-corrected chi connectivity index (χ4v) is 3.50. The Kier molecular flexibility index (Phi) is 4.76. The van der Waals surface area contributed by atoms with Crippen LogP contribution in [0.2, 0.25) is 0 Å². The number of nitrogens with one attached hydrogen (secondary N) is 1. The highest BCUT2D eigenvalue weighted by Crippen LogP contribution is 2.28. The molecule has 6 nitrogen and oxygen atoms in total. The molecule has 1 aliphatic rings. The molecule has 1 saturated heterocycles. The number of fused-ring (bicyclic) bond motifs is 1. The molecule has 1 N–H and O–H groups in total. The normalized spacial score (nSPS) is 14.1. The van der Waals surface area contributed by atoms with E-state index in [0.29, 0.717) is 19.2 Å². The summed E-state index contributed by atoms with van der Waals surface area (Å²) in [7, 11) is 0. The number of rotatable bonds is 4. The lowest BCUT2D eigenvalue weighted by atomic mass is 10.1. The third-order valence-corrected chi connectivity index (χ3v) is 4.97. The maximum absolute atomic E-state index is 5.49. The molecule has 0 bridgehead atoms. The molecule has 4 aromatic rings. The second-order valence-electron chi connectivity index (χ2n) is 6.91. The van der Waals surface area contributed by atoms with Crippen molar-refractivity contribution < 1.29 is 4.74 Å². The van der Waals surface area contributed by atoms with Gasteiger partial charge in [0.05, 0.1) is 30.1 Å². The standard InChI is InChI=1S/C23H21N5O/c1-2-6-17(7-3-1)20-16-21(27-23(26-20)28-12-14-29-15-13-28)25-19-10-4-8-18-9-5-11-24-22(18)19/h1-11,16H,12-15H2,(H,25,26,27). The topological polar surface area (TPSA) is 63.2 Å². The zero-order chi connectivity index (χ0) is 19.5. The van der Waals surface area contributed by atoms with E-state index < -0.39 is 0 Å². The molecule has 0 radical (unpaired) electrons. The number of nitrogens with zero attached hydrogens (tertiary/aromatic N) is 4. The molecule has 1 aliphatic heterocycles. The zero-order valence-electron chi connectivity index (χ0n) is 16.0. The summed E-state index contributed by atoms with van der Waals surface area (Å²) in [6.45, 7) is 2.95. The minimum Gasteiger partial charge on any atom is -0.378 e. The van der Waals surface area contributed by atoms with Crippen LogP contribution in [0, 0.1) is 0 Å². The van der Waals surface area contributed by atoms with E-state index in [0.717, 1.165) is 46.8 Å². The van der Waals surface area contributed by atoms with E-state index in [4.69, 9.17) is 14.7 Å². The summed E-state index contributed by atoms with van der Waals surface area (Å²) in [5, 5.41) is 4.55. The monoisotopic (exact) mass is 383 g/mol. The van der Waals surface area contributed by atoms with E-state index in [1.54, 1.807) is 0 Å². The van der Waals surface area contributed by atoms with E-state index in [1.165, 1.54) is 0 Å². The van der Waals surface area contributed by atoms with Crippen molar-refractivity contribution >= 4 is 28.4 Å². The first-order valence-corrected chi connectivity index (χ1v) is 9.75. The van der Waals surface area contributed by atoms with Gasteiger partial charge in [-0.1, -0.05) is 48.5 Å². The van der Waals surface area contributed by atoms with Crippen LogP contribution in [-0.4, -0.2) is 41.3 Å². The summed E-state index contributed by atoms with van der Waals surface area (Å²) in [5.41, 5.74) is 3.79. The lowest BCUT2D eigenvalue weighted by molar-refractivity contribution is 0.122. The van der Waals surface area contributed by atoms with Crippen molar-refractivity contribution in [3.63, 3.8) is 0 Å². The van der Waals surface area contributed by atoms with Gasteiger partial charge >= 0.3 is 0 Å². The van der Waals surface area contributed by atoms with Crippen LogP contribution in [-0.2, 0) is 4.74 Å². The molecule has 2 aromatic carbocycles. The Morgan fingerprint density at radius 2 is 1.69 bits per heavy atom. The molecule has 1 fully saturated rings. The summed E-state index contributed by atoms with van der Waals surface area (Å²) >= 11 is 0. The summed E-state index contributed by atoms with van der Waals surface area (Å²) in [6, 6.07) is 22.3. The highest BCUT2D eigenvalue weighted by molar-refractivity contribution is 5.91. The minimum absolute atomic E-state index is 0.689. The maximum atomic E-state index is 5.49. The van der Waals surface area contributed by atoms with Gasteiger partial charge in [0.1, 0.15) is 5.82 Å². The van der Waals surface area contributed by atoms with Gasteiger partial charge in [-0.05, 0) is 12.1 Å². The lowest BCUT2D eigenvalue weighted by Crippen LogP contribution is -2.37. The third kappa shape index (κ3) is 3.75. The minimum atomic E-state index is 0.689. The van der Waals surface area contributed by atoms with Gasteiger partial charge in [0, 0.05) is 36.3 Å². The van der Waals surface area contributed by atoms with E-state index in [1.807, 2.05) is 48.7 Å². The number of para-hydroxylation sites is 1. The van der Waals surface area contributed by atoms with Gasteiger partial charge in [-0.2, -0.15) is 4.98 Å². The second kappa shape index (κ2) is 7.85. The Bertz CT molecular complexity index is 1120. The summed E-state index contributed by atoms with van der Waals surface area (Å²) < 4.78 is 5.49. The van der Waals surface area contributed by atoms with Crippen molar-refractivity contribution in [3.8, 4) is 11.3 Å². The van der Waals surface area contributed by atoms with Gasteiger partial charge in [0.15, 0.2) is 0 Å². The van der Waals surface area contributed by atoms with Crippen molar-refractivity contribution in [1.29, 1.82) is 0 Å². The Morgan fingerprint density at radius 3 is 2.55 bits per heavy atom. The van der Waals surface area contributed by atoms with Crippen LogP contribution < -0.4 is 10.2 Å². The number of pyridine rings is 1. The zero-order valence-corrected chi connectivity index (χ0v) is 16.0. The average molecular weight is 383 g/mol. The molecule has 0 spiro atoms. The average Bonchev–Trinajstić information content (AvgIpc) is 2.80. The predicted molar refractivity (Wildman–Crippen MR) is 116 cm³/mol. The smallest absolute Gasteiger partial charge is 0.228 e. The van der Waals surface area contributed by atoms with Crippen LogP contribution in [0.15, 0.2) is 72.9 Å². The first-order chi connectivity index (χ1) is 14.4. The van der Waals surface area contributed by atoms with Gasteiger partial charge < -0.3 is 15.0 Å². The fraction of sp³-hybridized carbons (Fsp3) is 0.174. The fourth-order valence-electron chi connectivity index (χ4n) is 3.50. The van der Waals surface area contributed by atoms with Gasteiger partial charge in [-0.3, -0.25) is 4.98 Å². The molecule has 0 saturated carbocycles. The molecule has 6 heteroatoms. The Balaban J connectivity index is 1.57. The molecule has 5 rings (SSSR count). The van der Waals surface area contributed by atoms with Gasteiger partial charge in [-0.25, -0.2) is 4.98 Å². The third-order valence-electron chi connectivity index (χ3n) is 4.97. The second-order valence-corrected chi connectivity index (χ2v) is 6.91. The molecule has 0 amide bonds. The molecular formula is C23H21N5O. The van der Waals surface area contributed by atoms with Crippen LogP contribution in [0.1, 0.15) is 0 Å². The Hall–Kier alpha value is -3.51. The number of aromatic nitrogens is 3. The lowest BCUT2D eigenvalue weighted by Gasteiger charge is -2.27. The van der Waals surface area contributed by atoms with Crippen molar-refractivity contribution in [2.45, 2.75) is 0 Å². The van der Waals surface area contributed by atoms with Gasteiger partial charge in [0.2, 0.25) is 5.95 Å². The van der Waals surface area contributed by atoms with Crippen LogP contribution in [0.25, 0.3) is 22.2 Å². The predicted octanol–water partition coefficient (Wildman–Crippen LogP) is 4.27. The molecule has 29 heavy (non-hydrogen) atoms. The SMILES string of the molecule is c1ccc(-c2cc(Nc3cccc4cccnc34)nc(N3CCOCC3)n2)cc1. The highest BCUT2D eigenvalue weighted by Gasteiger charge is 2.17. The molecule has 0 unspecified atom stereocenters. The molecule has 2 aromatic heterocycles. The van der Waals surface area contributed by atoms with E-state index >= 15 is 0 Å². The van der Waals surface area contributed by atoms with Crippen LogP contribution in [0.4, 0.5) is 17.5 Å². The van der Waals surface area contributed by atoms with Crippen molar-refractivity contribution in [3.05, 3.63) is 72.9 Å². The number of morpholine rings is 1. The number of hydrogen-bond donors (Lipinski definition) is 1. The first-order valence-electron chi connectivity index (χ1n) is 9.75. The quantitative estimate of drug-likeness (QED) is 0.568. The summed E-state index contributed by atoms with van der Waals surface area (Å²) in [5.74, 6) is 1.46. The molecule has 0 aliphatic carbocycles. The van der Waals surface area contributed by atoms with Crippen LogP contribution >= 0.6 is 0 Å². The molecule has 144 valence electrons. The van der Waals surface area contributed by atoms with E-state index in [9.17, 15) is 0 Å². The Morgan fingerprint density at radius 1 is 0.862 bits per heavy atom. The van der Waals surface area contributed by atoms with Gasteiger partial charge in [0.25, 0.3) is 0 Å². The van der Waals surface area contributed by atoms with E-state index in [2.05, 4.69) is 39.5 Å². The molecule has 0 atom stereocenters. The van der Waals surface area contributed by atoms with Crippen LogP contribution in [0.3, 0.4) is 0 Å². The molecular weight excluding hydrogens is 362 g/mol. The largest absolute Gasteiger partial charge is 0.378 e. The van der Waals surface area contributed by atoms with Gasteiger partial charge in [-0.15, -0.1) is 0 Å². The Labute approximate surface area is 169 Å². The van der Waals surface area contributed by atoms with Crippen LogP contribution in [0.5, 0.6) is 0 Å². The summed E-state index contributed by atoms with van der Waals surface area (Å²) in [6.07, 6.45) is 1.81. The number of benzene rings is 2. The number of anilines is 3. The first kappa shape index (κ1) is 17.6. The summed E-state index contributed by atoms with van der Waals surface area (Å²) in [4.78, 5) is 16.3. The van der Waals surface area contributed by atoms with Crippen molar-refractivity contribution in [1.82, 2.24) is 15.0 Å². The number of ether oxygens (including phenoxy) is 1. The van der Waals surface area contributed by atoms with Crippen molar-refractivity contribution in [2.75, 3.05) is 36.5 Å². The van der Waals surface area contributed by atoms with E-state index in [-0.39, 0.29) is 0 Å².